The lowest BCUT2D eigenvalue weighted by Gasteiger charge is -2.04. The van der Waals surface area contributed by atoms with Gasteiger partial charge in [0.15, 0.2) is 17.0 Å². The van der Waals surface area contributed by atoms with Gasteiger partial charge in [-0.05, 0) is 35.9 Å². The number of anilines is 1. The number of nitrogens with zero attached hydrogens (tertiary/aromatic N) is 4. The van der Waals surface area contributed by atoms with E-state index in [1.807, 2.05) is 0 Å². The molecule has 20 heavy (non-hydrogen) atoms. The van der Waals surface area contributed by atoms with Gasteiger partial charge in [-0.15, -0.1) is 0 Å². The Morgan fingerprint density at radius 1 is 1.20 bits per heavy atom. The molecule has 0 atom stereocenters. The van der Waals surface area contributed by atoms with Gasteiger partial charge in [-0.3, -0.25) is 9.36 Å². The van der Waals surface area contributed by atoms with Gasteiger partial charge >= 0.3 is 0 Å². The SMILES string of the molecule is NC(=O)c1ccc(-n2cnc3c(N)nc(Cl)nc32)cc1. The minimum absolute atomic E-state index is 0.0468. The molecular weight excluding hydrogens is 280 g/mol. The highest BCUT2D eigenvalue weighted by atomic mass is 35.5. The summed E-state index contributed by atoms with van der Waals surface area (Å²) in [4.78, 5) is 23.2. The van der Waals surface area contributed by atoms with Gasteiger partial charge in [-0.2, -0.15) is 9.97 Å². The Morgan fingerprint density at radius 3 is 2.55 bits per heavy atom. The third-order valence-corrected chi connectivity index (χ3v) is 2.99. The van der Waals surface area contributed by atoms with Gasteiger partial charge in [-0.25, -0.2) is 4.98 Å². The van der Waals surface area contributed by atoms with Crippen molar-refractivity contribution < 1.29 is 4.79 Å². The molecule has 3 aromatic rings. The van der Waals surface area contributed by atoms with Crippen molar-refractivity contribution in [2.45, 2.75) is 0 Å². The topological polar surface area (TPSA) is 113 Å². The van der Waals surface area contributed by atoms with Crippen LogP contribution in [0.4, 0.5) is 5.82 Å². The quantitative estimate of drug-likeness (QED) is 0.687. The normalized spacial score (nSPS) is 10.8. The van der Waals surface area contributed by atoms with Crippen molar-refractivity contribution in [3.8, 4) is 5.69 Å². The molecule has 0 saturated heterocycles. The van der Waals surface area contributed by atoms with Crippen molar-refractivity contribution >= 4 is 34.5 Å². The van der Waals surface area contributed by atoms with Crippen LogP contribution < -0.4 is 11.5 Å². The Bertz CT molecular complexity index is 811. The lowest BCUT2D eigenvalue weighted by atomic mass is 10.2. The van der Waals surface area contributed by atoms with E-state index in [0.29, 0.717) is 16.7 Å². The zero-order valence-electron chi connectivity index (χ0n) is 10.1. The van der Waals surface area contributed by atoms with E-state index in [-0.39, 0.29) is 11.1 Å². The van der Waals surface area contributed by atoms with E-state index in [1.54, 1.807) is 35.2 Å². The fourth-order valence-electron chi connectivity index (χ4n) is 1.87. The van der Waals surface area contributed by atoms with Crippen molar-refractivity contribution in [2.75, 3.05) is 5.73 Å². The van der Waals surface area contributed by atoms with E-state index in [9.17, 15) is 4.79 Å². The van der Waals surface area contributed by atoms with Gasteiger partial charge in [-0.1, -0.05) is 0 Å². The Kier molecular flexibility index (Phi) is 2.76. The fraction of sp³-hybridized carbons (Fsp3) is 0. The van der Waals surface area contributed by atoms with Gasteiger partial charge in [0.1, 0.15) is 6.33 Å². The Balaban J connectivity index is 2.17. The largest absolute Gasteiger partial charge is 0.382 e. The maximum atomic E-state index is 11.0. The highest BCUT2D eigenvalue weighted by Gasteiger charge is 2.11. The molecule has 1 aromatic carbocycles. The number of aromatic nitrogens is 4. The second-order valence-corrected chi connectivity index (χ2v) is 4.41. The molecule has 0 radical (unpaired) electrons. The number of nitrogens with two attached hydrogens (primary N) is 2. The number of nitrogen functional groups attached to an aromatic ring is 1. The fourth-order valence-corrected chi connectivity index (χ4v) is 2.04. The van der Waals surface area contributed by atoms with E-state index in [0.717, 1.165) is 5.69 Å². The minimum atomic E-state index is -0.485. The lowest BCUT2D eigenvalue weighted by Crippen LogP contribution is -2.10. The minimum Gasteiger partial charge on any atom is -0.382 e. The lowest BCUT2D eigenvalue weighted by molar-refractivity contribution is 0.100. The first kappa shape index (κ1) is 12.4. The molecule has 0 saturated carbocycles. The van der Waals surface area contributed by atoms with Crippen LogP contribution in [0.15, 0.2) is 30.6 Å². The van der Waals surface area contributed by atoms with Gasteiger partial charge in [0, 0.05) is 11.3 Å². The summed E-state index contributed by atoms with van der Waals surface area (Å²) < 4.78 is 1.70. The number of hydrogen-bond donors (Lipinski definition) is 2. The van der Waals surface area contributed by atoms with Crippen LogP contribution in [0.25, 0.3) is 16.9 Å². The van der Waals surface area contributed by atoms with Crippen molar-refractivity contribution in [1.29, 1.82) is 0 Å². The first-order valence-electron chi connectivity index (χ1n) is 5.62. The average molecular weight is 289 g/mol. The second-order valence-electron chi connectivity index (χ2n) is 4.08. The molecule has 2 aromatic heterocycles. The van der Waals surface area contributed by atoms with Crippen molar-refractivity contribution in [1.82, 2.24) is 19.5 Å². The first-order valence-corrected chi connectivity index (χ1v) is 6.00. The second kappa shape index (κ2) is 4.46. The number of carbonyl (C=O) groups is 1. The number of benzene rings is 1. The Labute approximate surface area is 118 Å². The standard InChI is InChI=1S/C12H9ClN6O/c13-12-17-9(14)8-11(18-12)19(5-16-8)7-3-1-6(2-4-7)10(15)20/h1-5H,(H2,15,20)(H2,14,17,18). The molecule has 0 fully saturated rings. The Hall–Kier alpha value is -2.67. The summed E-state index contributed by atoms with van der Waals surface area (Å²) in [5.41, 5.74) is 13.1. The van der Waals surface area contributed by atoms with Crippen molar-refractivity contribution in [3.63, 3.8) is 0 Å². The first-order chi connectivity index (χ1) is 9.56. The molecule has 7 nitrogen and oxygen atoms in total. The van der Waals surface area contributed by atoms with Gasteiger partial charge in [0.05, 0.1) is 0 Å². The molecule has 0 unspecified atom stereocenters. The average Bonchev–Trinajstić information content (AvgIpc) is 2.82. The number of fused-ring (bicyclic) bond motifs is 1. The molecule has 2 heterocycles. The smallest absolute Gasteiger partial charge is 0.248 e. The summed E-state index contributed by atoms with van der Waals surface area (Å²) in [5.74, 6) is -0.269. The van der Waals surface area contributed by atoms with Crippen LogP contribution in [0.2, 0.25) is 5.28 Å². The number of amides is 1. The van der Waals surface area contributed by atoms with E-state index in [1.165, 1.54) is 0 Å². The van der Waals surface area contributed by atoms with Gasteiger partial charge in [0.25, 0.3) is 0 Å². The van der Waals surface area contributed by atoms with E-state index >= 15 is 0 Å². The predicted molar refractivity (Wildman–Crippen MR) is 74.6 cm³/mol. The number of imidazole rings is 1. The highest BCUT2D eigenvalue weighted by molar-refractivity contribution is 6.28. The summed E-state index contributed by atoms with van der Waals surface area (Å²) in [7, 11) is 0. The predicted octanol–water partition coefficient (Wildman–Crippen LogP) is 1.15. The number of primary amides is 1. The molecule has 0 aliphatic carbocycles. The van der Waals surface area contributed by atoms with Gasteiger partial charge < -0.3 is 11.5 Å². The van der Waals surface area contributed by atoms with Crippen LogP contribution in [-0.2, 0) is 0 Å². The van der Waals surface area contributed by atoms with Crippen LogP contribution >= 0.6 is 11.6 Å². The van der Waals surface area contributed by atoms with Crippen molar-refractivity contribution in [2.24, 2.45) is 5.73 Å². The third kappa shape index (κ3) is 1.94. The van der Waals surface area contributed by atoms with Gasteiger partial charge in [0.2, 0.25) is 11.2 Å². The summed E-state index contributed by atoms with van der Waals surface area (Å²) in [6.07, 6.45) is 1.56. The molecule has 1 amide bonds. The van der Waals surface area contributed by atoms with E-state index in [4.69, 9.17) is 23.1 Å². The molecule has 0 bridgehead atoms. The summed E-state index contributed by atoms with van der Waals surface area (Å²) in [5, 5.41) is 0.0468. The van der Waals surface area contributed by atoms with Crippen LogP contribution in [0.5, 0.6) is 0 Å². The zero-order valence-corrected chi connectivity index (χ0v) is 10.9. The maximum Gasteiger partial charge on any atom is 0.248 e. The monoisotopic (exact) mass is 288 g/mol. The van der Waals surface area contributed by atoms with Crippen LogP contribution in [0, 0.1) is 0 Å². The zero-order chi connectivity index (χ0) is 14.3. The number of rotatable bonds is 2. The number of hydrogen-bond acceptors (Lipinski definition) is 5. The van der Waals surface area contributed by atoms with Crippen molar-refractivity contribution in [3.05, 3.63) is 41.4 Å². The highest BCUT2D eigenvalue weighted by Crippen LogP contribution is 2.21. The molecule has 4 N–H and O–H groups in total. The molecule has 0 spiro atoms. The van der Waals surface area contributed by atoms with E-state index < -0.39 is 5.91 Å². The summed E-state index contributed by atoms with van der Waals surface area (Å²) in [6, 6.07) is 6.70. The Morgan fingerprint density at radius 2 is 1.90 bits per heavy atom. The maximum absolute atomic E-state index is 11.0. The van der Waals surface area contributed by atoms with Crippen LogP contribution in [0.3, 0.4) is 0 Å². The third-order valence-electron chi connectivity index (χ3n) is 2.83. The number of halogens is 1. The van der Waals surface area contributed by atoms with Crippen LogP contribution in [-0.4, -0.2) is 25.4 Å². The molecule has 100 valence electrons. The molecular formula is C12H9ClN6O. The molecule has 0 aliphatic rings. The van der Waals surface area contributed by atoms with Crippen LogP contribution in [0.1, 0.15) is 10.4 Å². The molecule has 0 aliphatic heterocycles. The summed E-state index contributed by atoms with van der Waals surface area (Å²) in [6.45, 7) is 0. The molecule has 3 rings (SSSR count). The summed E-state index contributed by atoms with van der Waals surface area (Å²) >= 11 is 5.80. The van der Waals surface area contributed by atoms with E-state index in [2.05, 4.69) is 15.0 Å². The molecule has 8 heteroatoms. The number of carbonyl (C=O) groups excluding carboxylic acids is 1.